The minimum Gasteiger partial charge on any atom is -0.368 e. The third-order valence-electron chi connectivity index (χ3n) is 4.71. The minimum atomic E-state index is 0.791. The standard InChI is InChI=1S/C16H24ClN3/c1-18-8-6-14(7-9-18)19-10-12-20(13-11-19)16-5-3-2-4-15(16)17/h2-5,14H,6-13H2,1H3. The Bertz CT molecular complexity index is 435. The van der Waals surface area contributed by atoms with E-state index in [4.69, 9.17) is 11.6 Å². The molecule has 0 amide bonds. The van der Waals surface area contributed by atoms with E-state index in [0.717, 1.165) is 24.2 Å². The fraction of sp³-hybridized carbons (Fsp3) is 0.625. The summed E-state index contributed by atoms with van der Waals surface area (Å²) in [5.74, 6) is 0. The van der Waals surface area contributed by atoms with Crippen molar-refractivity contribution in [1.29, 1.82) is 0 Å². The number of hydrogen-bond donors (Lipinski definition) is 0. The maximum absolute atomic E-state index is 6.30. The fourth-order valence-corrected chi connectivity index (χ4v) is 3.65. The summed E-state index contributed by atoms with van der Waals surface area (Å²) in [6.07, 6.45) is 2.64. The number of anilines is 1. The molecule has 2 fully saturated rings. The van der Waals surface area contributed by atoms with Gasteiger partial charge in [-0.2, -0.15) is 0 Å². The first-order chi connectivity index (χ1) is 9.74. The van der Waals surface area contributed by atoms with Crippen molar-refractivity contribution in [3.8, 4) is 0 Å². The Hall–Kier alpha value is -0.770. The maximum Gasteiger partial charge on any atom is 0.0639 e. The second kappa shape index (κ2) is 6.33. The van der Waals surface area contributed by atoms with E-state index >= 15 is 0 Å². The molecule has 110 valence electrons. The van der Waals surface area contributed by atoms with Crippen LogP contribution in [0.4, 0.5) is 5.69 Å². The molecular weight excluding hydrogens is 270 g/mol. The van der Waals surface area contributed by atoms with Crippen LogP contribution in [0.25, 0.3) is 0 Å². The highest BCUT2D eigenvalue weighted by Gasteiger charge is 2.26. The Morgan fingerprint density at radius 1 is 0.950 bits per heavy atom. The number of para-hydroxylation sites is 1. The van der Waals surface area contributed by atoms with Gasteiger partial charge >= 0.3 is 0 Å². The summed E-state index contributed by atoms with van der Waals surface area (Å²) < 4.78 is 0. The molecule has 0 unspecified atom stereocenters. The van der Waals surface area contributed by atoms with E-state index in [-0.39, 0.29) is 0 Å². The Kier molecular flexibility index (Phi) is 4.49. The SMILES string of the molecule is CN1CCC(N2CCN(c3ccccc3Cl)CC2)CC1. The van der Waals surface area contributed by atoms with Crippen LogP contribution in [0, 0.1) is 0 Å². The molecule has 3 nitrogen and oxygen atoms in total. The second-order valence-corrected chi connectivity index (χ2v) is 6.42. The molecule has 0 radical (unpaired) electrons. The highest BCUT2D eigenvalue weighted by Crippen LogP contribution is 2.27. The highest BCUT2D eigenvalue weighted by molar-refractivity contribution is 6.33. The summed E-state index contributed by atoms with van der Waals surface area (Å²) in [6.45, 7) is 7.01. The van der Waals surface area contributed by atoms with Gasteiger partial charge in [0.2, 0.25) is 0 Å². The molecule has 0 N–H and O–H groups in total. The van der Waals surface area contributed by atoms with Crippen molar-refractivity contribution in [3.63, 3.8) is 0 Å². The van der Waals surface area contributed by atoms with E-state index in [0.29, 0.717) is 0 Å². The average molecular weight is 294 g/mol. The number of nitrogens with zero attached hydrogens (tertiary/aromatic N) is 3. The van der Waals surface area contributed by atoms with Gasteiger partial charge in [-0.25, -0.2) is 0 Å². The largest absolute Gasteiger partial charge is 0.368 e. The maximum atomic E-state index is 6.30. The summed E-state index contributed by atoms with van der Waals surface area (Å²) in [4.78, 5) is 7.55. The van der Waals surface area contributed by atoms with Gasteiger partial charge in [-0.05, 0) is 45.1 Å². The van der Waals surface area contributed by atoms with Crippen molar-refractivity contribution in [2.45, 2.75) is 18.9 Å². The van der Waals surface area contributed by atoms with Gasteiger partial charge in [0.25, 0.3) is 0 Å². The van der Waals surface area contributed by atoms with Crippen molar-refractivity contribution in [2.75, 3.05) is 51.2 Å². The topological polar surface area (TPSA) is 9.72 Å². The zero-order valence-corrected chi connectivity index (χ0v) is 13.0. The number of rotatable bonds is 2. The van der Waals surface area contributed by atoms with Crippen LogP contribution in [0.1, 0.15) is 12.8 Å². The first kappa shape index (κ1) is 14.2. The lowest BCUT2D eigenvalue weighted by atomic mass is 10.0. The lowest BCUT2D eigenvalue weighted by Gasteiger charge is -2.43. The Morgan fingerprint density at radius 3 is 2.25 bits per heavy atom. The van der Waals surface area contributed by atoms with Crippen molar-refractivity contribution in [2.24, 2.45) is 0 Å². The zero-order valence-electron chi connectivity index (χ0n) is 12.3. The van der Waals surface area contributed by atoms with E-state index in [2.05, 4.69) is 33.9 Å². The van der Waals surface area contributed by atoms with Gasteiger partial charge in [-0.1, -0.05) is 23.7 Å². The predicted octanol–water partition coefficient (Wildman–Crippen LogP) is 2.56. The molecule has 0 bridgehead atoms. The third kappa shape index (κ3) is 3.11. The summed E-state index contributed by atoms with van der Waals surface area (Å²) in [5, 5.41) is 0.875. The van der Waals surface area contributed by atoms with Crippen LogP contribution >= 0.6 is 11.6 Å². The van der Waals surface area contributed by atoms with Crippen molar-refractivity contribution in [1.82, 2.24) is 9.80 Å². The van der Waals surface area contributed by atoms with Crippen LogP contribution in [0.5, 0.6) is 0 Å². The lowest BCUT2D eigenvalue weighted by molar-refractivity contribution is 0.115. The zero-order chi connectivity index (χ0) is 13.9. The molecule has 1 aromatic rings. The summed E-state index contributed by atoms with van der Waals surface area (Å²) >= 11 is 6.30. The monoisotopic (exact) mass is 293 g/mol. The lowest BCUT2D eigenvalue weighted by Crippen LogP contribution is -2.53. The van der Waals surface area contributed by atoms with Crippen molar-refractivity contribution >= 4 is 17.3 Å². The molecule has 0 spiro atoms. The molecule has 2 heterocycles. The quantitative estimate of drug-likeness (QED) is 0.830. The van der Waals surface area contributed by atoms with Crippen LogP contribution in [0.2, 0.25) is 5.02 Å². The first-order valence-electron chi connectivity index (χ1n) is 7.66. The van der Waals surface area contributed by atoms with E-state index < -0.39 is 0 Å². The first-order valence-corrected chi connectivity index (χ1v) is 8.04. The van der Waals surface area contributed by atoms with E-state index in [1.165, 1.54) is 44.7 Å². The molecular formula is C16H24ClN3. The molecule has 0 aliphatic carbocycles. The predicted molar refractivity (Wildman–Crippen MR) is 85.8 cm³/mol. The summed E-state index contributed by atoms with van der Waals surface area (Å²) in [6, 6.07) is 8.98. The highest BCUT2D eigenvalue weighted by atomic mass is 35.5. The Labute approximate surface area is 127 Å². The van der Waals surface area contributed by atoms with Crippen LogP contribution in [-0.4, -0.2) is 62.2 Å². The number of halogens is 1. The van der Waals surface area contributed by atoms with Gasteiger partial charge in [0.15, 0.2) is 0 Å². The van der Waals surface area contributed by atoms with Gasteiger partial charge in [0.1, 0.15) is 0 Å². The third-order valence-corrected chi connectivity index (χ3v) is 5.03. The van der Waals surface area contributed by atoms with E-state index in [1.807, 2.05) is 12.1 Å². The van der Waals surface area contributed by atoms with Gasteiger partial charge in [-0.15, -0.1) is 0 Å². The summed E-state index contributed by atoms with van der Waals surface area (Å²) in [7, 11) is 2.23. The van der Waals surface area contributed by atoms with Gasteiger partial charge < -0.3 is 9.80 Å². The van der Waals surface area contributed by atoms with Crippen LogP contribution in [0.15, 0.2) is 24.3 Å². The normalized spacial score (nSPS) is 23.2. The van der Waals surface area contributed by atoms with Gasteiger partial charge in [-0.3, -0.25) is 4.90 Å². The smallest absolute Gasteiger partial charge is 0.0639 e. The average Bonchev–Trinajstić information content (AvgIpc) is 2.49. The Balaban J connectivity index is 1.56. The van der Waals surface area contributed by atoms with Gasteiger partial charge in [0.05, 0.1) is 10.7 Å². The number of piperidine rings is 1. The number of hydrogen-bond acceptors (Lipinski definition) is 3. The molecule has 2 aliphatic heterocycles. The summed E-state index contributed by atoms with van der Waals surface area (Å²) in [5.41, 5.74) is 1.19. The molecule has 2 saturated heterocycles. The molecule has 4 heteroatoms. The molecule has 0 atom stereocenters. The minimum absolute atomic E-state index is 0.791. The molecule has 3 rings (SSSR count). The van der Waals surface area contributed by atoms with E-state index in [1.54, 1.807) is 0 Å². The molecule has 0 aromatic heterocycles. The van der Waals surface area contributed by atoms with Crippen LogP contribution in [0.3, 0.4) is 0 Å². The Morgan fingerprint density at radius 2 is 1.60 bits per heavy atom. The molecule has 20 heavy (non-hydrogen) atoms. The van der Waals surface area contributed by atoms with Gasteiger partial charge in [0, 0.05) is 32.2 Å². The number of benzene rings is 1. The number of piperazine rings is 1. The van der Waals surface area contributed by atoms with Crippen molar-refractivity contribution < 1.29 is 0 Å². The van der Waals surface area contributed by atoms with E-state index in [9.17, 15) is 0 Å². The molecule has 1 aromatic carbocycles. The fourth-order valence-electron chi connectivity index (χ4n) is 3.40. The van der Waals surface area contributed by atoms with Crippen LogP contribution < -0.4 is 4.90 Å². The number of likely N-dealkylation sites (tertiary alicyclic amines) is 1. The van der Waals surface area contributed by atoms with Crippen molar-refractivity contribution in [3.05, 3.63) is 29.3 Å². The molecule has 2 aliphatic rings. The molecule has 0 saturated carbocycles. The van der Waals surface area contributed by atoms with Crippen LogP contribution in [-0.2, 0) is 0 Å². The second-order valence-electron chi connectivity index (χ2n) is 6.01.